The zero-order chi connectivity index (χ0) is 18.1. The Balaban J connectivity index is 1.97. The van der Waals surface area contributed by atoms with E-state index < -0.39 is 5.91 Å². The molecule has 0 saturated carbocycles. The predicted molar refractivity (Wildman–Crippen MR) is 93.4 cm³/mol. The minimum Gasteiger partial charge on any atom is -0.483 e. The molecule has 2 aromatic rings. The number of benzene rings is 2. The molecule has 130 valence electrons. The van der Waals surface area contributed by atoms with E-state index in [2.05, 4.69) is 16.0 Å². The van der Waals surface area contributed by atoms with Gasteiger partial charge in [0.05, 0.1) is 12.1 Å². The Morgan fingerprint density at radius 2 is 1.60 bits per heavy atom. The SMILES string of the molecule is CNC(=O)CNC(=O)COc1ccccc1C(=O)Nc1ccccc1. The van der Waals surface area contributed by atoms with Crippen molar-refractivity contribution < 1.29 is 19.1 Å². The topological polar surface area (TPSA) is 96.5 Å². The molecule has 0 aromatic heterocycles. The number of likely N-dealkylation sites (N-methyl/N-ethyl adjacent to an activating group) is 1. The number of para-hydroxylation sites is 2. The molecule has 3 N–H and O–H groups in total. The summed E-state index contributed by atoms with van der Waals surface area (Å²) in [6, 6.07) is 15.6. The Labute approximate surface area is 145 Å². The second-order valence-corrected chi connectivity index (χ2v) is 5.05. The molecule has 0 spiro atoms. The van der Waals surface area contributed by atoms with Gasteiger partial charge in [-0.1, -0.05) is 30.3 Å². The Morgan fingerprint density at radius 1 is 0.920 bits per heavy atom. The molecule has 0 radical (unpaired) electrons. The van der Waals surface area contributed by atoms with E-state index in [4.69, 9.17) is 4.74 Å². The molecule has 0 unspecified atom stereocenters. The summed E-state index contributed by atoms with van der Waals surface area (Å²) >= 11 is 0. The average molecular weight is 341 g/mol. The number of amides is 3. The molecule has 0 atom stereocenters. The van der Waals surface area contributed by atoms with E-state index >= 15 is 0 Å². The normalized spacial score (nSPS) is 9.80. The molecule has 3 amide bonds. The van der Waals surface area contributed by atoms with Gasteiger partial charge in [-0.3, -0.25) is 14.4 Å². The molecule has 0 saturated heterocycles. The summed E-state index contributed by atoms with van der Waals surface area (Å²) in [6.45, 7) is -0.429. The van der Waals surface area contributed by atoms with Crippen LogP contribution in [0.15, 0.2) is 54.6 Å². The third-order valence-electron chi connectivity index (χ3n) is 3.25. The Kier molecular flexibility index (Phi) is 6.53. The maximum absolute atomic E-state index is 12.4. The summed E-state index contributed by atoms with van der Waals surface area (Å²) in [7, 11) is 1.48. The molecule has 2 rings (SSSR count). The number of anilines is 1. The molecule has 0 bridgehead atoms. The molecule has 25 heavy (non-hydrogen) atoms. The average Bonchev–Trinajstić information content (AvgIpc) is 2.65. The van der Waals surface area contributed by atoms with Gasteiger partial charge < -0.3 is 20.7 Å². The molecule has 0 aliphatic heterocycles. The van der Waals surface area contributed by atoms with Gasteiger partial charge in [-0.2, -0.15) is 0 Å². The minimum atomic E-state index is -0.457. The standard InChI is InChI=1S/C18H19N3O4/c1-19-16(22)11-20-17(23)12-25-15-10-6-5-9-14(15)18(24)21-13-7-3-2-4-8-13/h2-10H,11-12H2,1H3,(H,19,22)(H,20,23)(H,21,24). The quantitative estimate of drug-likeness (QED) is 0.704. The van der Waals surface area contributed by atoms with Crippen LogP contribution in [0.4, 0.5) is 5.69 Å². The third-order valence-corrected chi connectivity index (χ3v) is 3.25. The van der Waals surface area contributed by atoms with Crippen molar-refractivity contribution in [2.24, 2.45) is 0 Å². The maximum atomic E-state index is 12.4. The summed E-state index contributed by atoms with van der Waals surface area (Å²) < 4.78 is 5.42. The molecule has 2 aromatic carbocycles. The van der Waals surface area contributed by atoms with Crippen LogP contribution in [0.2, 0.25) is 0 Å². The highest BCUT2D eigenvalue weighted by molar-refractivity contribution is 6.06. The van der Waals surface area contributed by atoms with E-state index in [0.29, 0.717) is 11.3 Å². The number of hydrogen-bond acceptors (Lipinski definition) is 4. The summed E-state index contributed by atoms with van der Waals surface area (Å²) in [4.78, 5) is 35.2. The first-order valence-electron chi connectivity index (χ1n) is 7.65. The number of nitrogens with one attached hydrogen (secondary N) is 3. The van der Waals surface area contributed by atoms with Crippen LogP contribution in [-0.2, 0) is 9.59 Å². The predicted octanol–water partition coefficient (Wildman–Crippen LogP) is 1.18. The van der Waals surface area contributed by atoms with Gasteiger partial charge in [-0.05, 0) is 24.3 Å². The largest absolute Gasteiger partial charge is 0.483 e. The first kappa shape index (κ1) is 18.0. The van der Waals surface area contributed by atoms with Crippen LogP contribution in [0.1, 0.15) is 10.4 Å². The van der Waals surface area contributed by atoms with Gasteiger partial charge in [-0.15, -0.1) is 0 Å². The molecular weight excluding hydrogens is 322 g/mol. The smallest absolute Gasteiger partial charge is 0.259 e. The summed E-state index contributed by atoms with van der Waals surface area (Å²) in [6.07, 6.45) is 0. The van der Waals surface area contributed by atoms with Gasteiger partial charge in [0, 0.05) is 12.7 Å². The van der Waals surface area contributed by atoms with Gasteiger partial charge in [0.2, 0.25) is 5.91 Å². The second-order valence-electron chi connectivity index (χ2n) is 5.05. The number of carbonyl (C=O) groups excluding carboxylic acids is 3. The molecular formula is C18H19N3O4. The first-order chi connectivity index (χ1) is 12.1. The van der Waals surface area contributed by atoms with Crippen molar-refractivity contribution in [3.05, 3.63) is 60.2 Å². The van der Waals surface area contributed by atoms with Crippen LogP contribution >= 0.6 is 0 Å². The number of carbonyl (C=O) groups is 3. The van der Waals surface area contributed by atoms with Gasteiger partial charge in [0.1, 0.15) is 5.75 Å². The second kappa shape index (κ2) is 9.07. The van der Waals surface area contributed by atoms with Crippen molar-refractivity contribution in [2.45, 2.75) is 0 Å². The van der Waals surface area contributed by atoms with Gasteiger partial charge in [-0.25, -0.2) is 0 Å². The fraction of sp³-hybridized carbons (Fsp3) is 0.167. The highest BCUT2D eigenvalue weighted by atomic mass is 16.5. The van der Waals surface area contributed by atoms with Crippen LogP contribution in [0.5, 0.6) is 5.75 Å². The highest BCUT2D eigenvalue weighted by Gasteiger charge is 2.13. The van der Waals surface area contributed by atoms with Gasteiger partial charge >= 0.3 is 0 Å². The lowest BCUT2D eigenvalue weighted by atomic mass is 10.2. The minimum absolute atomic E-state index is 0.130. The van der Waals surface area contributed by atoms with E-state index in [0.717, 1.165) is 0 Å². The summed E-state index contributed by atoms with van der Waals surface area (Å²) in [5.74, 6) is -0.823. The fourth-order valence-corrected chi connectivity index (χ4v) is 1.96. The van der Waals surface area contributed by atoms with Crippen LogP contribution in [-0.4, -0.2) is 37.9 Å². The first-order valence-corrected chi connectivity index (χ1v) is 7.65. The molecule has 7 heteroatoms. The van der Waals surface area contributed by atoms with Gasteiger partial charge in [0.15, 0.2) is 6.61 Å². The Hall–Kier alpha value is -3.35. The lowest BCUT2D eigenvalue weighted by molar-refractivity contribution is -0.127. The number of ether oxygens (including phenoxy) is 1. The van der Waals surface area contributed by atoms with Crippen molar-refractivity contribution >= 4 is 23.4 Å². The van der Waals surface area contributed by atoms with E-state index in [1.54, 1.807) is 36.4 Å². The van der Waals surface area contributed by atoms with Crippen molar-refractivity contribution in [3.63, 3.8) is 0 Å². The number of hydrogen-bond donors (Lipinski definition) is 3. The molecule has 0 fully saturated rings. The Bertz CT molecular complexity index is 747. The van der Waals surface area contributed by atoms with Crippen LogP contribution in [0, 0.1) is 0 Å². The lowest BCUT2D eigenvalue weighted by Gasteiger charge is -2.11. The van der Waals surface area contributed by atoms with E-state index in [9.17, 15) is 14.4 Å². The zero-order valence-electron chi connectivity index (χ0n) is 13.7. The van der Waals surface area contributed by atoms with Crippen LogP contribution < -0.4 is 20.7 Å². The van der Waals surface area contributed by atoms with E-state index in [1.165, 1.54) is 7.05 Å². The lowest BCUT2D eigenvalue weighted by Crippen LogP contribution is -2.37. The van der Waals surface area contributed by atoms with E-state index in [1.807, 2.05) is 18.2 Å². The maximum Gasteiger partial charge on any atom is 0.259 e. The molecule has 0 aliphatic carbocycles. The summed E-state index contributed by atoms with van der Waals surface area (Å²) in [5.41, 5.74) is 0.969. The van der Waals surface area contributed by atoms with Crippen molar-refractivity contribution in [1.29, 1.82) is 0 Å². The van der Waals surface area contributed by atoms with Crippen molar-refractivity contribution in [2.75, 3.05) is 25.5 Å². The van der Waals surface area contributed by atoms with Crippen LogP contribution in [0.25, 0.3) is 0 Å². The fourth-order valence-electron chi connectivity index (χ4n) is 1.96. The monoisotopic (exact) mass is 341 g/mol. The van der Waals surface area contributed by atoms with E-state index in [-0.39, 0.29) is 30.7 Å². The molecule has 0 heterocycles. The Morgan fingerprint density at radius 3 is 2.32 bits per heavy atom. The van der Waals surface area contributed by atoms with Crippen molar-refractivity contribution in [3.8, 4) is 5.75 Å². The number of rotatable bonds is 7. The zero-order valence-corrected chi connectivity index (χ0v) is 13.7. The van der Waals surface area contributed by atoms with Crippen molar-refractivity contribution in [1.82, 2.24) is 10.6 Å². The summed E-state index contributed by atoms with van der Waals surface area (Å²) in [5, 5.41) is 7.57. The van der Waals surface area contributed by atoms with Crippen LogP contribution in [0.3, 0.4) is 0 Å². The third kappa shape index (κ3) is 5.65. The molecule has 7 nitrogen and oxygen atoms in total. The van der Waals surface area contributed by atoms with Gasteiger partial charge in [0.25, 0.3) is 11.8 Å². The highest BCUT2D eigenvalue weighted by Crippen LogP contribution is 2.19. The molecule has 0 aliphatic rings.